The van der Waals surface area contributed by atoms with Crippen LogP contribution in [0.5, 0.6) is 28.7 Å². The molecule has 0 saturated heterocycles. The predicted molar refractivity (Wildman–Crippen MR) is 70.8 cm³/mol. The van der Waals surface area contributed by atoms with Gasteiger partial charge in [-0.1, -0.05) is 6.07 Å². The Labute approximate surface area is 111 Å². The summed E-state index contributed by atoms with van der Waals surface area (Å²) in [5, 5.41) is 35.7. The highest BCUT2D eigenvalue weighted by atomic mass is 16.5. The molecule has 5 nitrogen and oxygen atoms in total. The average molecular weight is 264 g/mol. The second kappa shape index (κ2) is 6.39. The van der Waals surface area contributed by atoms with E-state index in [1.165, 1.54) is 31.4 Å². The molecule has 0 saturated carbocycles. The normalized spacial score (nSPS) is 9.37. The highest BCUT2D eigenvalue weighted by Crippen LogP contribution is 2.34. The summed E-state index contributed by atoms with van der Waals surface area (Å²) in [7, 11) is 1.38. The second-order valence-electron chi connectivity index (χ2n) is 3.86. The Morgan fingerprint density at radius 3 is 1.63 bits per heavy atom. The Balaban J connectivity index is 0.000000191. The van der Waals surface area contributed by atoms with Crippen LogP contribution in [0.1, 0.15) is 5.56 Å². The van der Waals surface area contributed by atoms with Crippen LogP contribution < -0.4 is 4.74 Å². The lowest BCUT2D eigenvalue weighted by molar-refractivity contribution is 0.344. The number of ether oxygens (including phenoxy) is 1. The molecule has 2 rings (SSSR count). The van der Waals surface area contributed by atoms with Crippen molar-refractivity contribution >= 4 is 0 Å². The summed E-state index contributed by atoms with van der Waals surface area (Å²) in [6.45, 7) is 1.80. The molecule has 0 spiro atoms. The second-order valence-corrected chi connectivity index (χ2v) is 3.86. The Kier molecular flexibility index (Phi) is 4.88. The Morgan fingerprint density at radius 1 is 0.842 bits per heavy atom. The number of phenols is 4. The fraction of sp³-hybridized carbons (Fsp3) is 0.143. The minimum atomic E-state index is -0.0532. The summed E-state index contributed by atoms with van der Waals surface area (Å²) in [6, 6.07) is 8.89. The number of para-hydroxylation sites is 1. The molecule has 0 amide bonds. The minimum absolute atomic E-state index is 0.0532. The molecule has 2 aromatic carbocycles. The van der Waals surface area contributed by atoms with Crippen molar-refractivity contribution in [2.75, 3.05) is 7.11 Å². The quantitative estimate of drug-likeness (QED) is 0.635. The molecule has 102 valence electrons. The highest BCUT2D eigenvalue weighted by molar-refractivity contribution is 5.49. The van der Waals surface area contributed by atoms with E-state index >= 15 is 0 Å². The van der Waals surface area contributed by atoms with Crippen molar-refractivity contribution in [3.05, 3.63) is 42.0 Å². The fourth-order valence-electron chi connectivity index (χ4n) is 1.47. The maximum Gasteiger partial charge on any atom is 0.202 e. The molecule has 0 fully saturated rings. The van der Waals surface area contributed by atoms with Gasteiger partial charge in [-0.25, -0.2) is 0 Å². The van der Waals surface area contributed by atoms with Crippen LogP contribution in [0, 0.1) is 6.92 Å². The lowest BCUT2D eigenvalue weighted by Crippen LogP contribution is -1.82. The van der Waals surface area contributed by atoms with Crippen LogP contribution in [-0.2, 0) is 0 Å². The molecule has 2 aromatic rings. The molecule has 0 radical (unpaired) electrons. The zero-order valence-corrected chi connectivity index (χ0v) is 10.7. The monoisotopic (exact) mass is 264 g/mol. The number of aryl methyl sites for hydroxylation is 1. The van der Waals surface area contributed by atoms with Crippen LogP contribution in [0.3, 0.4) is 0 Å². The van der Waals surface area contributed by atoms with Gasteiger partial charge in [0.1, 0.15) is 11.5 Å². The summed E-state index contributed by atoms with van der Waals surface area (Å²) >= 11 is 0. The molecule has 19 heavy (non-hydrogen) atoms. The van der Waals surface area contributed by atoms with Crippen molar-refractivity contribution in [1.29, 1.82) is 0 Å². The van der Waals surface area contributed by atoms with Crippen molar-refractivity contribution in [1.82, 2.24) is 0 Å². The minimum Gasteiger partial charge on any atom is -0.508 e. The van der Waals surface area contributed by atoms with Crippen LogP contribution >= 0.6 is 0 Å². The molecule has 4 N–H and O–H groups in total. The van der Waals surface area contributed by atoms with E-state index in [2.05, 4.69) is 4.74 Å². The van der Waals surface area contributed by atoms with Gasteiger partial charge in [-0.3, -0.25) is 0 Å². The molecule has 0 unspecified atom stereocenters. The number of methoxy groups -OCH3 is 1. The van der Waals surface area contributed by atoms with Gasteiger partial charge in [0, 0.05) is 6.07 Å². The van der Waals surface area contributed by atoms with E-state index < -0.39 is 0 Å². The first-order chi connectivity index (χ1) is 8.93. The smallest absolute Gasteiger partial charge is 0.202 e. The molecule has 0 heterocycles. The van der Waals surface area contributed by atoms with Crippen molar-refractivity contribution in [2.45, 2.75) is 6.92 Å². The first-order valence-electron chi connectivity index (χ1n) is 5.48. The average Bonchev–Trinajstić information content (AvgIpc) is 2.28. The lowest BCUT2D eigenvalue weighted by atomic mass is 10.2. The molecule has 0 aliphatic rings. The summed E-state index contributed by atoms with van der Waals surface area (Å²) in [5.41, 5.74) is 0.854. The molecule has 0 aliphatic heterocycles. The number of rotatable bonds is 1. The Hall–Kier alpha value is -2.56. The van der Waals surface area contributed by atoms with Crippen LogP contribution in [0.15, 0.2) is 36.4 Å². The van der Waals surface area contributed by atoms with Crippen LogP contribution in [0.2, 0.25) is 0 Å². The fourth-order valence-corrected chi connectivity index (χ4v) is 1.47. The van der Waals surface area contributed by atoms with Gasteiger partial charge in [-0.2, -0.15) is 0 Å². The number of hydrogen-bond acceptors (Lipinski definition) is 5. The summed E-state index contributed by atoms with van der Waals surface area (Å²) < 4.78 is 4.68. The number of phenolic OH excluding ortho intramolecular Hbond substituents is 4. The molecule has 0 bridgehead atoms. The van der Waals surface area contributed by atoms with E-state index in [1.807, 2.05) is 0 Å². The predicted octanol–water partition coefficient (Wildman–Crippen LogP) is 2.51. The Morgan fingerprint density at radius 2 is 1.32 bits per heavy atom. The third-order valence-electron chi connectivity index (χ3n) is 2.22. The van der Waals surface area contributed by atoms with Gasteiger partial charge in [-0.15, -0.1) is 0 Å². The molecule has 0 aromatic heterocycles. The third-order valence-corrected chi connectivity index (χ3v) is 2.22. The van der Waals surface area contributed by atoms with E-state index in [1.54, 1.807) is 19.1 Å². The van der Waals surface area contributed by atoms with E-state index in [0.29, 0.717) is 0 Å². The summed E-state index contributed by atoms with van der Waals surface area (Å²) in [4.78, 5) is 0. The first-order valence-corrected chi connectivity index (χ1v) is 5.48. The van der Waals surface area contributed by atoms with Crippen LogP contribution in [-0.4, -0.2) is 27.5 Å². The number of hydrogen-bond donors (Lipinski definition) is 4. The van der Waals surface area contributed by atoms with Crippen LogP contribution in [0.25, 0.3) is 0 Å². The third kappa shape index (κ3) is 4.31. The SMILES string of the molecule is COc1c(O)cccc1O.Cc1cc(O)cc(O)c1. The zero-order chi connectivity index (χ0) is 14.4. The van der Waals surface area contributed by atoms with E-state index in [0.717, 1.165) is 5.56 Å². The van der Waals surface area contributed by atoms with Crippen molar-refractivity contribution in [3.63, 3.8) is 0 Å². The van der Waals surface area contributed by atoms with Gasteiger partial charge in [-0.05, 0) is 36.8 Å². The van der Waals surface area contributed by atoms with Gasteiger partial charge in [0.05, 0.1) is 7.11 Å². The van der Waals surface area contributed by atoms with Gasteiger partial charge < -0.3 is 25.2 Å². The van der Waals surface area contributed by atoms with Gasteiger partial charge in [0.25, 0.3) is 0 Å². The summed E-state index contributed by atoms with van der Waals surface area (Å²) in [5.74, 6) is 0.215. The molecule has 5 heteroatoms. The molecule has 0 atom stereocenters. The number of aromatic hydroxyl groups is 4. The lowest BCUT2D eigenvalue weighted by Gasteiger charge is -2.03. The molecular formula is C14H16O5. The van der Waals surface area contributed by atoms with Crippen molar-refractivity contribution in [3.8, 4) is 28.7 Å². The van der Waals surface area contributed by atoms with E-state index in [-0.39, 0.29) is 28.7 Å². The van der Waals surface area contributed by atoms with Gasteiger partial charge >= 0.3 is 0 Å². The largest absolute Gasteiger partial charge is 0.508 e. The zero-order valence-electron chi connectivity index (χ0n) is 10.7. The highest BCUT2D eigenvalue weighted by Gasteiger charge is 2.04. The maximum absolute atomic E-state index is 9.01. The van der Waals surface area contributed by atoms with Crippen molar-refractivity contribution in [2.24, 2.45) is 0 Å². The van der Waals surface area contributed by atoms with E-state index in [9.17, 15) is 0 Å². The van der Waals surface area contributed by atoms with Crippen molar-refractivity contribution < 1.29 is 25.2 Å². The standard InChI is InChI=1S/C7H8O3.C7H8O2/c1-10-7-5(8)3-2-4-6(7)9;1-5-2-6(8)4-7(9)3-5/h2-4,8-9H,1H3;2-4,8-9H,1H3. The topological polar surface area (TPSA) is 90.2 Å². The first kappa shape index (κ1) is 14.5. The maximum atomic E-state index is 9.01. The molecular weight excluding hydrogens is 248 g/mol. The molecule has 0 aliphatic carbocycles. The van der Waals surface area contributed by atoms with E-state index in [4.69, 9.17) is 20.4 Å². The van der Waals surface area contributed by atoms with Crippen LogP contribution in [0.4, 0.5) is 0 Å². The summed E-state index contributed by atoms with van der Waals surface area (Å²) in [6.07, 6.45) is 0. The number of benzene rings is 2. The van der Waals surface area contributed by atoms with Gasteiger partial charge in [0.15, 0.2) is 11.5 Å². The Bertz CT molecular complexity index is 481. The van der Waals surface area contributed by atoms with Gasteiger partial charge in [0.2, 0.25) is 5.75 Å².